The van der Waals surface area contributed by atoms with E-state index in [9.17, 15) is 4.79 Å². The van der Waals surface area contributed by atoms with Crippen molar-refractivity contribution in [3.63, 3.8) is 0 Å². The molecule has 4 heterocycles. The number of fused-ring (bicyclic) bond motifs is 3. The minimum absolute atomic E-state index is 0.0152. The minimum atomic E-state index is -0.0152. The fourth-order valence-electron chi connectivity index (χ4n) is 3.10. The van der Waals surface area contributed by atoms with Gasteiger partial charge in [-0.1, -0.05) is 0 Å². The maximum absolute atomic E-state index is 13.0. The molecule has 6 nitrogen and oxygen atoms in total. The summed E-state index contributed by atoms with van der Waals surface area (Å²) in [6.45, 7) is 6.63. The van der Waals surface area contributed by atoms with Gasteiger partial charge >= 0.3 is 0 Å². The van der Waals surface area contributed by atoms with Gasteiger partial charge in [0.05, 0.1) is 23.3 Å². The van der Waals surface area contributed by atoms with Crippen LogP contribution in [0.1, 0.15) is 10.5 Å². The quantitative estimate of drug-likeness (QED) is 0.715. The van der Waals surface area contributed by atoms with E-state index in [0.717, 1.165) is 56.0 Å². The number of rotatable bonds is 5. The lowest BCUT2D eigenvalue weighted by Gasteiger charge is -2.46. The van der Waals surface area contributed by atoms with E-state index < -0.39 is 0 Å². The van der Waals surface area contributed by atoms with Crippen LogP contribution in [0.5, 0.6) is 0 Å². The Morgan fingerprint density at radius 3 is 2.67 bits per heavy atom. The Kier molecular flexibility index (Phi) is 4.44. The molecule has 2 bridgehead atoms. The van der Waals surface area contributed by atoms with Crippen molar-refractivity contribution in [3.05, 3.63) is 16.4 Å². The first-order valence-electron chi connectivity index (χ1n) is 7.43. The molecule has 1 aromatic heterocycles. The van der Waals surface area contributed by atoms with Gasteiger partial charge < -0.3 is 4.90 Å². The number of Topliss-reactive ketones (excluding diaryl/α,β-unsaturated/α-hetero) is 1. The molecule has 0 spiro atoms. The molecule has 1 unspecified atom stereocenters. The van der Waals surface area contributed by atoms with Gasteiger partial charge in [0.2, 0.25) is 0 Å². The largest absolute Gasteiger partial charge is 0.308 e. The number of nitrogens with zero attached hydrogens (tertiary/aromatic N) is 5. The van der Waals surface area contributed by atoms with Crippen LogP contribution in [-0.2, 0) is 6.54 Å². The molecule has 4 rings (SSSR count). The zero-order valence-corrected chi connectivity index (χ0v) is 14.2. The maximum Gasteiger partial charge on any atom is 0.200 e. The number of carbonyl (C=O) groups excluding carboxylic acids is 1. The summed E-state index contributed by atoms with van der Waals surface area (Å²) in [7, 11) is 4.05. The van der Waals surface area contributed by atoms with E-state index in [1.54, 1.807) is 6.20 Å². The van der Waals surface area contributed by atoms with Crippen molar-refractivity contribution in [2.75, 3.05) is 53.4 Å². The number of carbonyl (C=O) groups is 1. The van der Waals surface area contributed by atoms with Crippen LogP contribution in [0.3, 0.4) is 0 Å². The van der Waals surface area contributed by atoms with Gasteiger partial charge in [0.15, 0.2) is 5.78 Å². The summed E-state index contributed by atoms with van der Waals surface area (Å²) in [6.07, 6.45) is 1.74. The van der Waals surface area contributed by atoms with Gasteiger partial charge in [-0.25, -0.2) is 0 Å². The van der Waals surface area contributed by atoms with Crippen molar-refractivity contribution in [2.24, 2.45) is 0 Å². The monoisotopic (exact) mass is 355 g/mol. The molecule has 3 aliphatic heterocycles. The zero-order chi connectivity index (χ0) is 15.0. The highest BCUT2D eigenvalue weighted by atomic mass is 79.9. The second kappa shape index (κ2) is 6.16. The Hall–Kier alpha value is -0.760. The van der Waals surface area contributed by atoms with Crippen LogP contribution in [0, 0.1) is 0 Å². The number of hydrogen-bond acceptors (Lipinski definition) is 5. The molecule has 1 aromatic rings. The summed E-state index contributed by atoms with van der Waals surface area (Å²) in [5.74, 6) is 0.197. The van der Waals surface area contributed by atoms with Crippen LogP contribution in [0.2, 0.25) is 0 Å². The summed E-state index contributed by atoms with van der Waals surface area (Å²) >= 11 is 3.49. The summed E-state index contributed by atoms with van der Waals surface area (Å²) in [5, 5.41) is 4.36. The predicted octanol–water partition coefficient (Wildman–Crippen LogP) is 0.390. The fourth-order valence-corrected chi connectivity index (χ4v) is 3.59. The van der Waals surface area contributed by atoms with Crippen LogP contribution in [0.4, 0.5) is 0 Å². The van der Waals surface area contributed by atoms with Crippen LogP contribution in [0.15, 0.2) is 10.7 Å². The molecule has 3 saturated heterocycles. The molecule has 1 atom stereocenters. The first kappa shape index (κ1) is 15.1. The Bertz CT molecular complexity index is 521. The smallest absolute Gasteiger partial charge is 0.200 e. The summed E-state index contributed by atoms with van der Waals surface area (Å²) in [6, 6.07) is -0.0152. The predicted molar refractivity (Wildman–Crippen MR) is 84.6 cm³/mol. The topological polar surface area (TPSA) is 44.6 Å². The van der Waals surface area contributed by atoms with E-state index in [0.29, 0.717) is 0 Å². The van der Waals surface area contributed by atoms with Gasteiger partial charge in [-0.2, -0.15) is 5.10 Å². The van der Waals surface area contributed by atoms with Gasteiger partial charge in [-0.15, -0.1) is 0 Å². The average Bonchev–Trinajstić information content (AvgIpc) is 2.86. The van der Waals surface area contributed by atoms with Crippen LogP contribution in [-0.4, -0.2) is 89.7 Å². The Labute approximate surface area is 133 Å². The Balaban J connectivity index is 1.79. The third kappa shape index (κ3) is 3.06. The van der Waals surface area contributed by atoms with E-state index in [4.69, 9.17) is 0 Å². The van der Waals surface area contributed by atoms with Gasteiger partial charge in [0.1, 0.15) is 5.69 Å². The van der Waals surface area contributed by atoms with Crippen LogP contribution in [0.25, 0.3) is 0 Å². The number of halogens is 1. The lowest BCUT2D eigenvalue weighted by atomic mass is 10.0. The van der Waals surface area contributed by atoms with E-state index in [2.05, 4.69) is 35.7 Å². The van der Waals surface area contributed by atoms with Crippen molar-refractivity contribution in [1.82, 2.24) is 24.5 Å². The molecule has 0 saturated carbocycles. The summed E-state index contributed by atoms with van der Waals surface area (Å²) < 4.78 is 2.65. The molecule has 116 valence electrons. The van der Waals surface area contributed by atoms with Gasteiger partial charge in [0.25, 0.3) is 0 Å². The first-order valence-corrected chi connectivity index (χ1v) is 8.22. The van der Waals surface area contributed by atoms with Crippen molar-refractivity contribution in [3.8, 4) is 0 Å². The third-order valence-corrected chi connectivity index (χ3v) is 4.95. The fraction of sp³-hybridized carbons (Fsp3) is 0.714. The molecule has 3 aliphatic rings. The lowest BCUT2D eigenvalue weighted by molar-refractivity contribution is 0.0153. The van der Waals surface area contributed by atoms with E-state index >= 15 is 0 Å². The van der Waals surface area contributed by atoms with Crippen LogP contribution >= 0.6 is 15.9 Å². The molecule has 0 aromatic carbocycles. The lowest BCUT2D eigenvalue weighted by Crippen LogP contribution is -2.63. The van der Waals surface area contributed by atoms with Gasteiger partial charge in [0, 0.05) is 39.3 Å². The first-order chi connectivity index (χ1) is 10.1. The molecule has 7 heteroatoms. The summed E-state index contributed by atoms with van der Waals surface area (Å²) in [4.78, 5) is 19.8. The molecule has 21 heavy (non-hydrogen) atoms. The van der Waals surface area contributed by atoms with Gasteiger partial charge in [-0.3, -0.25) is 19.3 Å². The number of aromatic nitrogens is 2. The van der Waals surface area contributed by atoms with E-state index in [-0.39, 0.29) is 11.8 Å². The number of ketones is 1. The minimum Gasteiger partial charge on any atom is -0.308 e. The Morgan fingerprint density at radius 2 is 2.10 bits per heavy atom. The number of hydrogen-bond donors (Lipinski definition) is 0. The van der Waals surface area contributed by atoms with Gasteiger partial charge in [-0.05, 0) is 30.0 Å². The standard InChI is InChI=1S/C14H22BrN5O/c1-17(2)3-8-20-13(11(15)9-16-20)14(21)12-10-18-4-6-19(12)7-5-18/h9,12H,3-8,10H2,1-2H3. The van der Waals surface area contributed by atoms with Crippen molar-refractivity contribution < 1.29 is 4.79 Å². The van der Waals surface area contributed by atoms with Crippen molar-refractivity contribution in [2.45, 2.75) is 12.6 Å². The maximum atomic E-state index is 13.0. The molecular weight excluding hydrogens is 334 g/mol. The normalized spacial score (nSPS) is 28.3. The highest BCUT2D eigenvalue weighted by Crippen LogP contribution is 2.23. The van der Waals surface area contributed by atoms with E-state index in [1.165, 1.54) is 0 Å². The average molecular weight is 356 g/mol. The molecule has 3 fully saturated rings. The molecule has 0 N–H and O–H groups in total. The highest BCUT2D eigenvalue weighted by molar-refractivity contribution is 9.10. The second-order valence-electron chi connectivity index (χ2n) is 6.08. The van der Waals surface area contributed by atoms with Crippen molar-refractivity contribution >= 4 is 21.7 Å². The third-order valence-electron chi connectivity index (χ3n) is 4.37. The zero-order valence-electron chi connectivity index (χ0n) is 12.6. The van der Waals surface area contributed by atoms with E-state index in [1.807, 2.05) is 18.8 Å². The molecule has 0 radical (unpaired) electrons. The highest BCUT2D eigenvalue weighted by Gasteiger charge is 2.38. The summed E-state index contributed by atoms with van der Waals surface area (Å²) in [5.41, 5.74) is 0.718. The molecule has 0 amide bonds. The number of likely N-dealkylation sites (N-methyl/N-ethyl adjacent to an activating group) is 1. The Morgan fingerprint density at radius 1 is 1.38 bits per heavy atom. The van der Waals surface area contributed by atoms with Crippen molar-refractivity contribution in [1.29, 1.82) is 0 Å². The molecule has 0 aliphatic carbocycles. The number of piperazine rings is 3. The SMILES string of the molecule is CN(C)CCn1ncc(Br)c1C(=O)C1CN2CCN1CC2. The second-order valence-corrected chi connectivity index (χ2v) is 6.94. The van der Waals surface area contributed by atoms with Crippen LogP contribution < -0.4 is 0 Å². The molecular formula is C14H22BrN5O.